The number of carbonyl (C=O) groups is 1. The number of ether oxygens (including phenoxy) is 1. The maximum absolute atomic E-state index is 12.4. The molecule has 0 atom stereocenters. The normalized spacial score (nSPS) is 16.1. The van der Waals surface area contributed by atoms with E-state index in [1.807, 2.05) is 6.92 Å². The van der Waals surface area contributed by atoms with E-state index in [4.69, 9.17) is 4.74 Å². The van der Waals surface area contributed by atoms with Gasteiger partial charge in [0.25, 0.3) is 5.91 Å². The van der Waals surface area contributed by atoms with Gasteiger partial charge in [0.15, 0.2) is 0 Å². The molecule has 0 bridgehead atoms. The zero-order chi connectivity index (χ0) is 17.6. The predicted octanol–water partition coefficient (Wildman–Crippen LogP) is 0.355. The Morgan fingerprint density at radius 3 is 2.67 bits per heavy atom. The lowest BCUT2D eigenvalue weighted by Crippen LogP contribution is -2.41. The van der Waals surface area contributed by atoms with Crippen LogP contribution in [0.5, 0.6) is 0 Å². The van der Waals surface area contributed by atoms with Gasteiger partial charge in [-0.05, 0) is 31.5 Å². The first-order valence-corrected chi connectivity index (χ1v) is 9.61. The van der Waals surface area contributed by atoms with Crippen LogP contribution in [0.25, 0.3) is 0 Å². The van der Waals surface area contributed by atoms with Gasteiger partial charge < -0.3 is 10.1 Å². The quantitative estimate of drug-likeness (QED) is 0.737. The van der Waals surface area contributed by atoms with Crippen LogP contribution in [0.2, 0.25) is 0 Å². The molecule has 24 heavy (non-hydrogen) atoms. The molecule has 1 aliphatic rings. The average molecular weight is 355 g/mol. The molecule has 0 unspecified atom stereocenters. The number of benzene rings is 1. The molecule has 8 heteroatoms. The van der Waals surface area contributed by atoms with Crippen LogP contribution < -0.4 is 10.0 Å². The highest BCUT2D eigenvalue weighted by molar-refractivity contribution is 7.89. The molecular formula is C16H25N3O4S. The fourth-order valence-electron chi connectivity index (χ4n) is 2.51. The molecular weight excluding hydrogens is 330 g/mol. The van der Waals surface area contributed by atoms with Crippen LogP contribution in [0.15, 0.2) is 23.1 Å². The minimum Gasteiger partial charge on any atom is -0.379 e. The Bertz CT molecular complexity index is 670. The molecule has 134 valence electrons. The van der Waals surface area contributed by atoms with Crippen molar-refractivity contribution in [2.45, 2.75) is 18.7 Å². The molecule has 0 aromatic heterocycles. The summed E-state index contributed by atoms with van der Waals surface area (Å²) in [5, 5.41) is 2.69. The lowest BCUT2D eigenvalue weighted by molar-refractivity contribution is 0.0390. The van der Waals surface area contributed by atoms with Gasteiger partial charge in [-0.15, -0.1) is 0 Å². The van der Waals surface area contributed by atoms with Gasteiger partial charge in [-0.3, -0.25) is 9.69 Å². The third-order valence-corrected chi connectivity index (χ3v) is 5.38. The second-order valence-corrected chi connectivity index (χ2v) is 7.45. The number of hydrogen-bond acceptors (Lipinski definition) is 5. The predicted molar refractivity (Wildman–Crippen MR) is 91.6 cm³/mol. The van der Waals surface area contributed by atoms with E-state index in [0.29, 0.717) is 38.4 Å². The highest BCUT2D eigenvalue weighted by Gasteiger charge is 2.18. The van der Waals surface area contributed by atoms with Crippen molar-refractivity contribution >= 4 is 15.9 Å². The minimum absolute atomic E-state index is 0.108. The van der Waals surface area contributed by atoms with Gasteiger partial charge >= 0.3 is 0 Å². The Hall–Kier alpha value is -1.48. The molecule has 0 saturated carbocycles. The van der Waals surface area contributed by atoms with Crippen molar-refractivity contribution in [1.29, 1.82) is 0 Å². The van der Waals surface area contributed by atoms with E-state index in [1.165, 1.54) is 12.1 Å². The molecule has 1 aliphatic heterocycles. The topological polar surface area (TPSA) is 87.7 Å². The molecule has 1 fully saturated rings. The van der Waals surface area contributed by atoms with Gasteiger partial charge in [0.2, 0.25) is 10.0 Å². The zero-order valence-electron chi connectivity index (χ0n) is 14.2. The van der Waals surface area contributed by atoms with Crippen molar-refractivity contribution in [3.63, 3.8) is 0 Å². The molecule has 0 radical (unpaired) electrons. The summed E-state index contributed by atoms with van der Waals surface area (Å²) in [6.45, 7) is 8.05. The Labute approximate surface area is 143 Å². The van der Waals surface area contributed by atoms with E-state index >= 15 is 0 Å². The largest absolute Gasteiger partial charge is 0.379 e. The highest BCUT2D eigenvalue weighted by atomic mass is 32.2. The summed E-state index contributed by atoms with van der Waals surface area (Å²) in [5.74, 6) is -0.264. The molecule has 2 N–H and O–H groups in total. The fourth-order valence-corrected chi connectivity index (χ4v) is 3.56. The number of sulfonamides is 1. The third-order valence-electron chi connectivity index (χ3n) is 3.93. The van der Waals surface area contributed by atoms with Crippen molar-refractivity contribution in [3.05, 3.63) is 29.3 Å². The lowest BCUT2D eigenvalue weighted by atomic mass is 10.1. The first-order chi connectivity index (χ1) is 11.4. The smallest absolute Gasteiger partial charge is 0.251 e. The molecule has 0 spiro atoms. The van der Waals surface area contributed by atoms with Crippen LogP contribution in [0.1, 0.15) is 22.8 Å². The average Bonchev–Trinajstić information content (AvgIpc) is 2.56. The Balaban J connectivity index is 2.02. The molecule has 1 aromatic rings. The van der Waals surface area contributed by atoms with Gasteiger partial charge in [-0.1, -0.05) is 6.07 Å². The number of nitrogens with zero attached hydrogens (tertiary/aromatic N) is 1. The molecule has 1 heterocycles. The number of amides is 1. The van der Waals surface area contributed by atoms with E-state index in [2.05, 4.69) is 14.9 Å². The minimum atomic E-state index is -3.64. The molecule has 1 amide bonds. The van der Waals surface area contributed by atoms with E-state index < -0.39 is 10.0 Å². The Morgan fingerprint density at radius 2 is 2.00 bits per heavy atom. The van der Waals surface area contributed by atoms with Crippen molar-refractivity contribution < 1.29 is 17.9 Å². The maximum Gasteiger partial charge on any atom is 0.251 e. The van der Waals surface area contributed by atoms with Crippen molar-refractivity contribution in [2.75, 3.05) is 45.9 Å². The lowest BCUT2D eigenvalue weighted by Gasteiger charge is -2.26. The fraction of sp³-hybridized carbons (Fsp3) is 0.562. The summed E-state index contributed by atoms with van der Waals surface area (Å²) in [6, 6.07) is 4.60. The monoisotopic (exact) mass is 355 g/mol. The molecule has 7 nitrogen and oxygen atoms in total. The first kappa shape index (κ1) is 18.9. The van der Waals surface area contributed by atoms with Crippen LogP contribution >= 0.6 is 0 Å². The van der Waals surface area contributed by atoms with E-state index in [0.717, 1.165) is 18.7 Å². The van der Waals surface area contributed by atoms with Gasteiger partial charge in [-0.25, -0.2) is 13.1 Å². The van der Waals surface area contributed by atoms with Gasteiger partial charge in [-0.2, -0.15) is 0 Å². The number of hydrogen-bond donors (Lipinski definition) is 2. The van der Waals surface area contributed by atoms with E-state index in [9.17, 15) is 13.2 Å². The van der Waals surface area contributed by atoms with Crippen LogP contribution in [0, 0.1) is 6.92 Å². The Kier molecular flexibility index (Phi) is 6.73. The Morgan fingerprint density at radius 1 is 1.29 bits per heavy atom. The standard InChI is InChI=1S/C16H25N3O4S/c1-3-17-16(20)15-12-14(5-4-13(15)2)24(21,22)18-6-7-19-8-10-23-11-9-19/h4-5,12,18H,3,6-11H2,1-2H3,(H,17,20). The number of morpholine rings is 1. The van der Waals surface area contributed by atoms with Crippen LogP contribution in [-0.4, -0.2) is 65.2 Å². The summed E-state index contributed by atoms with van der Waals surface area (Å²) in [5.41, 5.74) is 1.13. The van der Waals surface area contributed by atoms with Gasteiger partial charge in [0, 0.05) is 38.3 Å². The molecule has 1 saturated heterocycles. The van der Waals surface area contributed by atoms with Crippen LogP contribution in [-0.2, 0) is 14.8 Å². The molecule has 0 aliphatic carbocycles. The number of aryl methyl sites for hydroxylation is 1. The van der Waals surface area contributed by atoms with Crippen LogP contribution in [0.4, 0.5) is 0 Å². The SMILES string of the molecule is CCNC(=O)c1cc(S(=O)(=O)NCCN2CCOCC2)ccc1C. The number of carbonyl (C=O) groups excluding carboxylic acids is 1. The van der Waals surface area contributed by atoms with Crippen molar-refractivity contribution in [2.24, 2.45) is 0 Å². The van der Waals surface area contributed by atoms with E-state index in [-0.39, 0.29) is 10.8 Å². The summed E-state index contributed by atoms with van der Waals surface area (Å²) in [6.07, 6.45) is 0. The van der Waals surface area contributed by atoms with Crippen LogP contribution in [0.3, 0.4) is 0 Å². The van der Waals surface area contributed by atoms with Gasteiger partial charge in [0.1, 0.15) is 0 Å². The second kappa shape index (κ2) is 8.57. The van der Waals surface area contributed by atoms with E-state index in [1.54, 1.807) is 13.0 Å². The highest BCUT2D eigenvalue weighted by Crippen LogP contribution is 2.15. The second-order valence-electron chi connectivity index (χ2n) is 5.69. The number of nitrogens with one attached hydrogen (secondary N) is 2. The third kappa shape index (κ3) is 5.01. The van der Waals surface area contributed by atoms with Gasteiger partial charge in [0.05, 0.1) is 18.1 Å². The first-order valence-electron chi connectivity index (χ1n) is 8.12. The number of rotatable bonds is 7. The maximum atomic E-state index is 12.4. The van der Waals surface area contributed by atoms with Crippen molar-refractivity contribution in [3.8, 4) is 0 Å². The summed E-state index contributed by atoms with van der Waals surface area (Å²) in [7, 11) is -3.64. The molecule has 1 aromatic carbocycles. The summed E-state index contributed by atoms with van der Waals surface area (Å²) in [4.78, 5) is 14.3. The molecule has 2 rings (SSSR count). The van der Waals surface area contributed by atoms with Crippen molar-refractivity contribution in [1.82, 2.24) is 14.9 Å². The zero-order valence-corrected chi connectivity index (χ0v) is 15.0. The summed E-state index contributed by atoms with van der Waals surface area (Å²) < 4.78 is 32.7. The summed E-state index contributed by atoms with van der Waals surface area (Å²) >= 11 is 0.